The molecule has 8 N–H and O–H groups in total. The highest BCUT2D eigenvalue weighted by atomic mass is 32.7. The predicted octanol–water partition coefficient (Wildman–Crippen LogP) is -1.29. The van der Waals surface area contributed by atoms with Gasteiger partial charge in [0.1, 0.15) is 53.9 Å². The first-order valence-corrected chi connectivity index (χ1v) is 18.2. The van der Waals surface area contributed by atoms with Crippen LogP contribution in [0.25, 0.3) is 22.2 Å². The molecule has 3 aliphatic rings. The van der Waals surface area contributed by atoms with Gasteiger partial charge < -0.3 is 40.6 Å². The van der Waals surface area contributed by atoms with Crippen LogP contribution in [0.3, 0.4) is 0 Å². The van der Waals surface area contributed by atoms with Crippen LogP contribution in [0.5, 0.6) is 0 Å². The molecule has 10 atom stereocenters. The minimum absolute atomic E-state index is 0.0310. The van der Waals surface area contributed by atoms with Crippen LogP contribution >= 0.6 is 25.8 Å². The van der Waals surface area contributed by atoms with Gasteiger partial charge in [-0.15, -0.1) is 0 Å². The SMILES string of the molecule is Nc1nc2c(cnn2[C@@H]2O[C@@H]3COP(O)(=S)O[C@@H]4C(O)[C@H](n5cnc6c(N)ncnc65)O[C@@H]4COP(=O)(S)O[C@H]2C3O)c(=O)[nH]1. The van der Waals surface area contributed by atoms with E-state index >= 15 is 0 Å². The van der Waals surface area contributed by atoms with Crippen molar-refractivity contribution in [1.29, 1.82) is 0 Å². The number of nitrogens with two attached hydrogens (primary N) is 2. The molecule has 0 aliphatic carbocycles. The van der Waals surface area contributed by atoms with Crippen molar-refractivity contribution in [3.8, 4) is 0 Å². The lowest BCUT2D eigenvalue weighted by molar-refractivity contribution is -0.0621. The van der Waals surface area contributed by atoms with Crippen LogP contribution in [0.15, 0.2) is 23.6 Å². The normalized spacial score (nSPS) is 37.7. The van der Waals surface area contributed by atoms with Crippen molar-refractivity contribution in [2.45, 2.75) is 49.1 Å². The van der Waals surface area contributed by atoms with Crippen LogP contribution in [0, 0.1) is 0 Å². The predicted molar refractivity (Wildman–Crippen MR) is 157 cm³/mol. The molecule has 4 aromatic heterocycles. The van der Waals surface area contributed by atoms with E-state index < -0.39 is 81.4 Å². The molecule has 242 valence electrons. The smallest absolute Gasteiger partial charge is 0.386 e. The van der Waals surface area contributed by atoms with Crippen molar-refractivity contribution in [2.24, 2.45) is 0 Å². The molecular formula is C20H24N10O11P2S2. The van der Waals surface area contributed by atoms with E-state index in [1.165, 1.54) is 23.4 Å². The number of thiol groups is 1. The molecule has 3 fully saturated rings. The number of nitrogens with one attached hydrogen (secondary N) is 1. The molecular weight excluding hydrogens is 682 g/mol. The lowest BCUT2D eigenvalue weighted by Crippen LogP contribution is -2.36. The fraction of sp³-hybridized carbons (Fsp3) is 0.500. The number of ether oxygens (including phenoxy) is 2. The molecule has 0 aromatic carbocycles. The maximum absolute atomic E-state index is 13.5. The fourth-order valence-corrected chi connectivity index (χ4v) is 8.18. The number of nitrogens with zero attached hydrogens (tertiary/aromatic N) is 7. The van der Waals surface area contributed by atoms with Gasteiger partial charge in [-0.3, -0.25) is 27.9 Å². The molecule has 3 aliphatic heterocycles. The lowest BCUT2D eigenvalue weighted by Gasteiger charge is -2.27. The Balaban J connectivity index is 1.21. The number of aliphatic hydroxyl groups is 2. The largest absolute Gasteiger partial charge is 0.387 e. The standard InChI is InChI=1S/C20H24N10O11P2S2/c21-14-9-16(24-4-23-14)29(5-25-9)18-11(32)12-8(39-18)3-37-43(35,45)41-13-10(31)7(2-36-42(34,44)40-12)38-19(13)30-15-6(1-26-30)17(33)28-20(22)27-15/h1,4-5,7-8,10-13,18-19,31-32H,2-3H2,(H,34,44)(H,35,45)(H2,21,23,24)(H3,22,27,28,33)/t7-,8-,10?,11?,12+,13+,18-,19-,42?,43?/m1/s1. The quantitative estimate of drug-likeness (QED) is 0.0942. The Morgan fingerprint density at radius 2 is 1.78 bits per heavy atom. The Kier molecular flexibility index (Phi) is 7.76. The molecule has 0 amide bonds. The third-order valence-corrected chi connectivity index (χ3v) is 10.5. The summed E-state index contributed by atoms with van der Waals surface area (Å²) >= 11 is 9.28. The van der Waals surface area contributed by atoms with Crippen molar-refractivity contribution in [3.63, 3.8) is 0 Å². The van der Waals surface area contributed by atoms with E-state index in [0.29, 0.717) is 0 Å². The maximum atomic E-state index is 13.5. The summed E-state index contributed by atoms with van der Waals surface area (Å²) in [5.74, 6) is -0.132. The molecule has 0 radical (unpaired) electrons. The van der Waals surface area contributed by atoms with Gasteiger partial charge in [0, 0.05) is 0 Å². The summed E-state index contributed by atoms with van der Waals surface area (Å²) in [7, 11) is 0. The Morgan fingerprint density at radius 3 is 2.58 bits per heavy atom. The number of aliphatic hydroxyl groups excluding tert-OH is 2. The summed E-state index contributed by atoms with van der Waals surface area (Å²) in [6.45, 7) is -9.70. The molecule has 3 saturated heterocycles. The minimum atomic E-state index is -4.37. The van der Waals surface area contributed by atoms with Crippen molar-refractivity contribution in [2.75, 3.05) is 24.7 Å². The first-order chi connectivity index (χ1) is 21.3. The molecule has 4 aromatic rings. The summed E-state index contributed by atoms with van der Waals surface area (Å²) in [5, 5.41) is 26.6. The summed E-state index contributed by atoms with van der Waals surface area (Å²) in [6.07, 6.45) is -7.37. The number of hydrogen-bond donors (Lipinski definition) is 7. The highest BCUT2D eigenvalue weighted by molar-refractivity contribution is 8.44. The van der Waals surface area contributed by atoms with E-state index in [1.54, 1.807) is 0 Å². The first-order valence-electron chi connectivity index (χ1n) is 13.0. The summed E-state index contributed by atoms with van der Waals surface area (Å²) in [4.78, 5) is 42.0. The van der Waals surface area contributed by atoms with Crippen LogP contribution in [0.4, 0.5) is 11.8 Å². The first kappa shape index (κ1) is 31.0. The Hall–Kier alpha value is -2.63. The van der Waals surface area contributed by atoms with Gasteiger partial charge in [0.25, 0.3) is 5.56 Å². The fourth-order valence-electron chi connectivity index (χ4n) is 5.28. The van der Waals surface area contributed by atoms with Crippen molar-refractivity contribution >= 4 is 71.5 Å². The van der Waals surface area contributed by atoms with E-state index in [0.717, 1.165) is 4.68 Å². The number of H-pyrrole nitrogens is 1. The number of nitrogen functional groups attached to an aromatic ring is 2. The van der Waals surface area contributed by atoms with E-state index in [2.05, 4.69) is 42.3 Å². The molecule has 45 heavy (non-hydrogen) atoms. The maximum Gasteiger partial charge on any atom is 0.386 e. The Bertz CT molecular complexity index is 1940. The van der Waals surface area contributed by atoms with Crippen LogP contribution < -0.4 is 17.0 Å². The minimum Gasteiger partial charge on any atom is -0.387 e. The zero-order chi connectivity index (χ0) is 31.8. The number of anilines is 2. The third-order valence-electron chi connectivity index (χ3n) is 7.32. The molecule has 4 unspecified atom stereocenters. The monoisotopic (exact) mass is 706 g/mol. The van der Waals surface area contributed by atoms with Gasteiger partial charge in [-0.2, -0.15) is 10.1 Å². The average molecular weight is 707 g/mol. The van der Waals surface area contributed by atoms with Crippen LogP contribution in [-0.2, 0) is 43.9 Å². The number of aromatic amines is 1. The van der Waals surface area contributed by atoms with Crippen molar-refractivity contribution in [3.05, 3.63) is 29.2 Å². The number of rotatable bonds is 2. The molecule has 7 heterocycles. The van der Waals surface area contributed by atoms with E-state index in [4.69, 9.17) is 50.8 Å². The molecule has 2 bridgehead atoms. The van der Waals surface area contributed by atoms with Crippen LogP contribution in [-0.4, -0.2) is 104 Å². The second kappa shape index (κ2) is 11.3. The number of imidazole rings is 1. The van der Waals surface area contributed by atoms with Gasteiger partial charge in [-0.05, 0) is 11.8 Å². The van der Waals surface area contributed by atoms with E-state index in [9.17, 15) is 24.5 Å². The highest BCUT2D eigenvalue weighted by Crippen LogP contribution is 2.58. The average Bonchev–Trinajstić information content (AvgIpc) is 3.72. The van der Waals surface area contributed by atoms with Gasteiger partial charge >= 0.3 is 13.5 Å². The number of aromatic nitrogens is 8. The van der Waals surface area contributed by atoms with Crippen LogP contribution in [0.1, 0.15) is 12.5 Å². The zero-order valence-electron chi connectivity index (χ0n) is 22.4. The zero-order valence-corrected chi connectivity index (χ0v) is 25.9. The van der Waals surface area contributed by atoms with Crippen molar-refractivity contribution < 1.29 is 47.2 Å². The Labute approximate surface area is 260 Å². The molecule has 0 spiro atoms. The van der Waals surface area contributed by atoms with Crippen molar-refractivity contribution in [1.82, 2.24) is 39.3 Å². The lowest BCUT2D eigenvalue weighted by atomic mass is 10.1. The van der Waals surface area contributed by atoms with Gasteiger partial charge in [-0.25, -0.2) is 24.2 Å². The van der Waals surface area contributed by atoms with Crippen LogP contribution in [0.2, 0.25) is 0 Å². The molecule has 7 rings (SSSR count). The highest BCUT2D eigenvalue weighted by Gasteiger charge is 2.53. The van der Waals surface area contributed by atoms with E-state index in [-0.39, 0.29) is 34.0 Å². The molecule has 21 nitrogen and oxygen atoms in total. The molecule has 25 heteroatoms. The number of hydrogen-bond acceptors (Lipinski definition) is 18. The topological polar surface area (TPSA) is 292 Å². The van der Waals surface area contributed by atoms with Gasteiger partial charge in [0.15, 0.2) is 29.6 Å². The van der Waals surface area contributed by atoms with E-state index in [1.807, 2.05) is 0 Å². The third kappa shape index (κ3) is 5.56. The second-order valence-electron chi connectivity index (χ2n) is 10.1. The second-order valence-corrected chi connectivity index (χ2v) is 15.8. The molecule has 0 saturated carbocycles. The van der Waals surface area contributed by atoms with Gasteiger partial charge in [0.2, 0.25) is 5.95 Å². The Morgan fingerprint density at radius 1 is 1.02 bits per heavy atom. The summed E-state index contributed by atoms with van der Waals surface area (Å²) in [6, 6.07) is 0. The summed E-state index contributed by atoms with van der Waals surface area (Å²) in [5.41, 5.74) is 11.4. The number of fused-ring (bicyclic) bond motifs is 5. The van der Waals surface area contributed by atoms with Gasteiger partial charge in [0.05, 0.1) is 25.7 Å². The summed E-state index contributed by atoms with van der Waals surface area (Å²) < 4.78 is 50.3. The van der Waals surface area contributed by atoms with Gasteiger partial charge in [-0.1, -0.05) is 12.2 Å².